The number of anilines is 2. The highest BCUT2D eigenvalue weighted by atomic mass is 32.2. The molecule has 0 amide bonds. The van der Waals surface area contributed by atoms with Crippen molar-refractivity contribution in [2.24, 2.45) is 5.14 Å². The summed E-state index contributed by atoms with van der Waals surface area (Å²) in [5, 5.41) is 16.3. The van der Waals surface area contributed by atoms with Crippen molar-refractivity contribution in [2.75, 3.05) is 18.1 Å². The molecule has 0 aliphatic rings. The predicted molar refractivity (Wildman–Crippen MR) is 58.7 cm³/mol. The third-order valence-corrected chi connectivity index (χ3v) is 2.87. The Morgan fingerprint density at radius 1 is 1.44 bits per heavy atom. The van der Waals surface area contributed by atoms with Crippen molar-refractivity contribution in [1.82, 2.24) is 0 Å². The first-order valence-electron chi connectivity index (χ1n) is 4.14. The molecule has 0 bridgehead atoms. The molecule has 0 fully saturated rings. The van der Waals surface area contributed by atoms with Gasteiger partial charge in [0.15, 0.2) is 0 Å². The van der Waals surface area contributed by atoms with Crippen molar-refractivity contribution in [3.63, 3.8) is 0 Å². The molecule has 1 aromatic rings. The number of carboxylic acid groups (broad SMARTS) is 1. The van der Waals surface area contributed by atoms with E-state index in [0.29, 0.717) is 0 Å². The predicted octanol–water partition coefficient (Wildman–Crippen LogP) is -0.344. The van der Waals surface area contributed by atoms with Crippen LogP contribution in [-0.4, -0.2) is 26.5 Å². The maximum absolute atomic E-state index is 11.2. The van der Waals surface area contributed by atoms with E-state index in [0.717, 1.165) is 12.1 Å². The lowest BCUT2D eigenvalue weighted by atomic mass is 10.1. The molecule has 7 nitrogen and oxygen atoms in total. The molecule has 0 atom stereocenters. The minimum atomic E-state index is -4.03. The van der Waals surface area contributed by atoms with E-state index in [4.69, 9.17) is 16.0 Å². The highest BCUT2D eigenvalue weighted by Crippen LogP contribution is 2.28. The Kier molecular flexibility index (Phi) is 3.06. The Bertz CT molecular complexity index is 538. The maximum Gasteiger partial charge on any atom is 0.335 e. The Balaban J connectivity index is 3.62. The number of nitrogens with two attached hydrogens (primary N) is 2. The minimum Gasteiger partial charge on any atom is -0.478 e. The molecule has 0 saturated carbocycles. The van der Waals surface area contributed by atoms with Gasteiger partial charge in [0.2, 0.25) is 10.0 Å². The summed E-state index contributed by atoms with van der Waals surface area (Å²) in [6.45, 7) is 0. The van der Waals surface area contributed by atoms with Crippen LogP contribution >= 0.6 is 0 Å². The van der Waals surface area contributed by atoms with Crippen LogP contribution in [0.3, 0.4) is 0 Å². The molecule has 88 valence electrons. The SMILES string of the molecule is CNc1c(N)cc(C(=O)O)cc1S(N)(=O)=O. The summed E-state index contributed by atoms with van der Waals surface area (Å²) in [4.78, 5) is 10.4. The van der Waals surface area contributed by atoms with E-state index in [9.17, 15) is 13.2 Å². The van der Waals surface area contributed by atoms with Gasteiger partial charge in [-0.3, -0.25) is 0 Å². The number of carbonyl (C=O) groups is 1. The quantitative estimate of drug-likeness (QED) is 0.538. The molecule has 8 heteroatoms. The molecule has 0 radical (unpaired) electrons. The number of nitrogens with one attached hydrogen (secondary N) is 1. The molecule has 0 aliphatic heterocycles. The summed E-state index contributed by atoms with van der Waals surface area (Å²) in [5.74, 6) is -1.28. The molecule has 1 rings (SSSR count). The largest absolute Gasteiger partial charge is 0.478 e. The molecule has 0 aliphatic carbocycles. The van der Waals surface area contributed by atoms with Gasteiger partial charge in [-0.2, -0.15) is 0 Å². The van der Waals surface area contributed by atoms with Gasteiger partial charge in [-0.15, -0.1) is 0 Å². The maximum atomic E-state index is 11.2. The molecular weight excluding hydrogens is 234 g/mol. The smallest absolute Gasteiger partial charge is 0.335 e. The molecule has 6 N–H and O–H groups in total. The standard InChI is InChI=1S/C8H11N3O4S/c1-11-7-5(9)2-4(8(12)13)3-6(7)16(10,14)15/h2-3,11H,9H2,1H3,(H,12,13)(H2,10,14,15). The van der Waals surface area contributed by atoms with Crippen LogP contribution in [0.15, 0.2) is 17.0 Å². The normalized spacial score (nSPS) is 11.1. The van der Waals surface area contributed by atoms with Crippen molar-refractivity contribution in [2.45, 2.75) is 4.90 Å². The number of benzene rings is 1. The van der Waals surface area contributed by atoms with Crippen molar-refractivity contribution in [3.05, 3.63) is 17.7 Å². The van der Waals surface area contributed by atoms with Crippen LogP contribution in [0.5, 0.6) is 0 Å². The summed E-state index contributed by atoms with van der Waals surface area (Å²) in [5.41, 5.74) is 5.38. The Hall–Kier alpha value is -1.80. The highest BCUT2D eigenvalue weighted by molar-refractivity contribution is 7.89. The number of aromatic carboxylic acids is 1. The monoisotopic (exact) mass is 245 g/mol. The van der Waals surface area contributed by atoms with Crippen molar-refractivity contribution < 1.29 is 18.3 Å². The van der Waals surface area contributed by atoms with E-state index >= 15 is 0 Å². The number of rotatable bonds is 3. The first-order valence-corrected chi connectivity index (χ1v) is 5.69. The van der Waals surface area contributed by atoms with Crippen LogP contribution in [0, 0.1) is 0 Å². The summed E-state index contributed by atoms with van der Waals surface area (Å²) in [7, 11) is -2.57. The van der Waals surface area contributed by atoms with Gasteiger partial charge in [-0.05, 0) is 12.1 Å². The van der Waals surface area contributed by atoms with Crippen LogP contribution in [0.1, 0.15) is 10.4 Å². The molecule has 0 spiro atoms. The van der Waals surface area contributed by atoms with Crippen molar-refractivity contribution in [3.8, 4) is 0 Å². The fourth-order valence-corrected chi connectivity index (χ4v) is 2.05. The number of primary sulfonamides is 1. The summed E-state index contributed by atoms with van der Waals surface area (Å²) >= 11 is 0. The zero-order valence-corrected chi connectivity index (χ0v) is 9.21. The second kappa shape index (κ2) is 3.99. The number of sulfonamides is 1. The first-order chi connectivity index (χ1) is 7.27. The topological polar surface area (TPSA) is 136 Å². The fourth-order valence-electron chi connectivity index (χ4n) is 1.25. The van der Waals surface area contributed by atoms with Gasteiger partial charge in [0.25, 0.3) is 0 Å². The summed E-state index contributed by atoms with van der Waals surface area (Å²) in [6, 6.07) is 2.11. The average Bonchev–Trinajstić information content (AvgIpc) is 2.14. The van der Waals surface area contributed by atoms with Crippen LogP contribution in [0.25, 0.3) is 0 Å². The van der Waals surface area contributed by atoms with Gasteiger partial charge in [-0.25, -0.2) is 18.4 Å². The first kappa shape index (κ1) is 12.3. The number of nitrogen functional groups attached to an aromatic ring is 1. The van der Waals surface area contributed by atoms with E-state index in [2.05, 4.69) is 5.32 Å². The van der Waals surface area contributed by atoms with E-state index in [1.165, 1.54) is 7.05 Å². The number of hydrogen-bond acceptors (Lipinski definition) is 5. The minimum absolute atomic E-state index is 0.00595. The van der Waals surface area contributed by atoms with E-state index in [1.807, 2.05) is 0 Å². The van der Waals surface area contributed by atoms with E-state index in [-0.39, 0.29) is 21.8 Å². The van der Waals surface area contributed by atoms with E-state index < -0.39 is 16.0 Å². The number of hydrogen-bond donors (Lipinski definition) is 4. The molecule has 0 saturated heterocycles. The zero-order chi connectivity index (χ0) is 12.5. The molecule has 0 heterocycles. The molecule has 1 aromatic carbocycles. The molecule has 16 heavy (non-hydrogen) atoms. The van der Waals surface area contributed by atoms with Gasteiger partial charge in [0.05, 0.1) is 16.9 Å². The lowest BCUT2D eigenvalue weighted by Gasteiger charge is -2.11. The lowest BCUT2D eigenvalue weighted by Crippen LogP contribution is -2.16. The lowest BCUT2D eigenvalue weighted by molar-refractivity contribution is 0.0696. The van der Waals surface area contributed by atoms with Gasteiger partial charge in [-0.1, -0.05) is 0 Å². The summed E-state index contributed by atoms with van der Waals surface area (Å²) in [6.07, 6.45) is 0. The van der Waals surface area contributed by atoms with Crippen LogP contribution in [0.4, 0.5) is 11.4 Å². The van der Waals surface area contributed by atoms with Gasteiger partial charge >= 0.3 is 5.97 Å². The average molecular weight is 245 g/mol. The highest BCUT2D eigenvalue weighted by Gasteiger charge is 2.19. The van der Waals surface area contributed by atoms with Crippen LogP contribution in [-0.2, 0) is 10.0 Å². The van der Waals surface area contributed by atoms with Crippen LogP contribution < -0.4 is 16.2 Å². The molecular formula is C8H11N3O4S. The Morgan fingerprint density at radius 2 is 2.00 bits per heavy atom. The van der Waals surface area contributed by atoms with Gasteiger partial charge in [0, 0.05) is 7.05 Å². The molecule has 0 unspecified atom stereocenters. The van der Waals surface area contributed by atoms with Gasteiger partial charge in [0.1, 0.15) is 4.90 Å². The van der Waals surface area contributed by atoms with Crippen molar-refractivity contribution in [1.29, 1.82) is 0 Å². The number of carboxylic acids is 1. The third kappa shape index (κ3) is 2.23. The van der Waals surface area contributed by atoms with Crippen LogP contribution in [0.2, 0.25) is 0 Å². The van der Waals surface area contributed by atoms with Gasteiger partial charge < -0.3 is 16.2 Å². The van der Waals surface area contributed by atoms with E-state index in [1.54, 1.807) is 0 Å². The zero-order valence-electron chi connectivity index (χ0n) is 8.39. The fraction of sp³-hybridized carbons (Fsp3) is 0.125. The summed E-state index contributed by atoms with van der Waals surface area (Å²) < 4.78 is 22.5. The second-order valence-electron chi connectivity index (χ2n) is 3.04. The third-order valence-electron chi connectivity index (χ3n) is 1.94. The van der Waals surface area contributed by atoms with Crippen molar-refractivity contribution >= 4 is 27.4 Å². The Labute approximate surface area is 92.1 Å². The Morgan fingerprint density at radius 3 is 2.38 bits per heavy atom. The second-order valence-corrected chi connectivity index (χ2v) is 4.57. The molecule has 0 aromatic heterocycles.